The third-order valence-electron chi connectivity index (χ3n) is 4.39. The molecule has 3 fully saturated rings. The molecule has 2 aliphatic carbocycles. The molecule has 3 aliphatic rings. The molecule has 2 heteroatoms. The van der Waals surface area contributed by atoms with Crippen molar-refractivity contribution in [1.29, 1.82) is 0 Å². The van der Waals surface area contributed by atoms with Gasteiger partial charge in [0.1, 0.15) is 0 Å². The van der Waals surface area contributed by atoms with Crippen LogP contribution in [0.5, 0.6) is 0 Å². The lowest BCUT2D eigenvalue weighted by molar-refractivity contribution is -0.172. The Morgan fingerprint density at radius 3 is 2.69 bits per heavy atom. The molecule has 1 spiro atoms. The van der Waals surface area contributed by atoms with E-state index >= 15 is 0 Å². The Kier molecular flexibility index (Phi) is 1.99. The van der Waals surface area contributed by atoms with Gasteiger partial charge in [-0.2, -0.15) is 0 Å². The number of rotatable bonds is 0. The molecule has 13 heavy (non-hydrogen) atoms. The molecule has 1 aliphatic heterocycles. The minimum absolute atomic E-state index is 0.561. The maximum atomic E-state index is 5.96. The first kappa shape index (κ1) is 8.72. The van der Waals surface area contributed by atoms with Crippen molar-refractivity contribution in [3.63, 3.8) is 0 Å². The predicted molar refractivity (Wildman–Crippen MR) is 56.1 cm³/mol. The van der Waals surface area contributed by atoms with E-state index in [2.05, 4.69) is 15.9 Å². The summed E-state index contributed by atoms with van der Waals surface area (Å²) in [6.07, 6.45) is 8.95. The minimum atomic E-state index is 0.561. The first-order chi connectivity index (χ1) is 6.34. The fourth-order valence-corrected chi connectivity index (χ4v) is 5.01. The third kappa shape index (κ3) is 1.02. The summed E-state index contributed by atoms with van der Waals surface area (Å²) < 4.78 is 5.96. The maximum Gasteiger partial charge on any atom is 0.0681 e. The molecular weight excluding hydrogens is 228 g/mol. The summed E-state index contributed by atoms with van der Waals surface area (Å²) in [5, 5.41) is 0. The van der Waals surface area contributed by atoms with Crippen LogP contribution in [-0.4, -0.2) is 17.5 Å². The topological polar surface area (TPSA) is 9.23 Å². The normalized spacial score (nSPS) is 47.3. The molecule has 2 saturated carbocycles. The van der Waals surface area contributed by atoms with Crippen molar-refractivity contribution in [3.05, 3.63) is 0 Å². The minimum Gasteiger partial charge on any atom is -0.377 e. The molecule has 0 aromatic heterocycles. The number of ether oxygens (including phenoxy) is 1. The van der Waals surface area contributed by atoms with Gasteiger partial charge in [0.15, 0.2) is 0 Å². The van der Waals surface area contributed by atoms with Gasteiger partial charge in [-0.3, -0.25) is 0 Å². The lowest BCUT2D eigenvalue weighted by Crippen LogP contribution is -2.63. The summed E-state index contributed by atoms with van der Waals surface area (Å²) in [6, 6.07) is 0. The Hall–Kier alpha value is 0.440. The van der Waals surface area contributed by atoms with Gasteiger partial charge in [0.25, 0.3) is 0 Å². The van der Waals surface area contributed by atoms with Crippen LogP contribution >= 0.6 is 15.9 Å². The molecule has 3 rings (SSSR count). The molecule has 0 aromatic rings. The number of fused-ring (bicyclic) bond motifs is 2. The number of alkyl halides is 1. The summed E-state index contributed by atoms with van der Waals surface area (Å²) in [6.45, 7) is 1.02. The molecule has 0 radical (unpaired) electrons. The van der Waals surface area contributed by atoms with E-state index < -0.39 is 0 Å². The summed E-state index contributed by atoms with van der Waals surface area (Å²) in [5.74, 6) is 0.840. The second kappa shape index (κ2) is 2.96. The second-order valence-electron chi connectivity index (χ2n) is 4.94. The largest absolute Gasteiger partial charge is 0.377 e. The zero-order valence-corrected chi connectivity index (χ0v) is 9.55. The van der Waals surface area contributed by atoms with Crippen LogP contribution in [0.2, 0.25) is 0 Å². The van der Waals surface area contributed by atoms with E-state index in [1.807, 2.05) is 0 Å². The van der Waals surface area contributed by atoms with Gasteiger partial charge >= 0.3 is 0 Å². The van der Waals surface area contributed by atoms with Crippen molar-refractivity contribution < 1.29 is 4.74 Å². The Morgan fingerprint density at radius 1 is 1.15 bits per heavy atom. The van der Waals surface area contributed by atoms with Gasteiger partial charge in [-0.1, -0.05) is 28.8 Å². The van der Waals surface area contributed by atoms with E-state index in [1.165, 1.54) is 38.5 Å². The van der Waals surface area contributed by atoms with Crippen LogP contribution in [0.25, 0.3) is 0 Å². The van der Waals surface area contributed by atoms with E-state index in [0.29, 0.717) is 11.5 Å². The molecule has 1 nitrogen and oxygen atoms in total. The van der Waals surface area contributed by atoms with Crippen molar-refractivity contribution in [1.82, 2.24) is 0 Å². The van der Waals surface area contributed by atoms with E-state index in [-0.39, 0.29) is 0 Å². The highest BCUT2D eigenvalue weighted by molar-refractivity contribution is 9.09. The molecule has 0 aromatic carbocycles. The van der Waals surface area contributed by atoms with Crippen LogP contribution in [0, 0.1) is 11.3 Å². The van der Waals surface area contributed by atoms with Gasteiger partial charge in [-0.15, -0.1) is 0 Å². The van der Waals surface area contributed by atoms with Crippen molar-refractivity contribution in [2.45, 2.75) is 49.5 Å². The van der Waals surface area contributed by atoms with Gasteiger partial charge in [0, 0.05) is 16.8 Å². The lowest BCUT2D eigenvalue weighted by atomic mass is 9.56. The summed E-state index contributed by atoms with van der Waals surface area (Å²) in [7, 11) is 0. The number of hydrogen-bond acceptors (Lipinski definition) is 1. The standard InChI is InChI=1S/C11H17BrO/c12-9-8-4-3-7-13-10(8)11(9)5-1-2-6-11/h8-10H,1-7H2/t8-,9+,10-/m0/s1. The van der Waals surface area contributed by atoms with Gasteiger partial charge in [0.05, 0.1) is 6.10 Å². The van der Waals surface area contributed by atoms with Gasteiger partial charge < -0.3 is 4.74 Å². The van der Waals surface area contributed by atoms with Gasteiger partial charge in [0.2, 0.25) is 0 Å². The quantitative estimate of drug-likeness (QED) is 0.596. The first-order valence-corrected chi connectivity index (χ1v) is 6.52. The summed E-state index contributed by atoms with van der Waals surface area (Å²) >= 11 is 3.91. The van der Waals surface area contributed by atoms with Crippen LogP contribution in [-0.2, 0) is 4.74 Å². The van der Waals surface area contributed by atoms with Crippen molar-refractivity contribution in [2.75, 3.05) is 6.61 Å². The van der Waals surface area contributed by atoms with Crippen LogP contribution in [0.4, 0.5) is 0 Å². The summed E-state index contributed by atoms with van der Waals surface area (Å²) in [5.41, 5.74) is 0.561. The highest BCUT2D eigenvalue weighted by atomic mass is 79.9. The highest BCUT2D eigenvalue weighted by Crippen LogP contribution is 2.62. The Morgan fingerprint density at radius 2 is 1.92 bits per heavy atom. The Labute approximate surface area is 88.4 Å². The van der Waals surface area contributed by atoms with Gasteiger partial charge in [-0.05, 0) is 31.6 Å². The van der Waals surface area contributed by atoms with E-state index in [1.54, 1.807) is 0 Å². The van der Waals surface area contributed by atoms with Crippen molar-refractivity contribution in [3.8, 4) is 0 Å². The molecule has 74 valence electrons. The maximum absolute atomic E-state index is 5.96. The molecule has 0 amide bonds. The summed E-state index contributed by atoms with van der Waals surface area (Å²) in [4.78, 5) is 0.771. The molecule has 0 N–H and O–H groups in total. The fourth-order valence-electron chi connectivity index (χ4n) is 3.75. The molecular formula is C11H17BrO. The lowest BCUT2D eigenvalue weighted by Gasteiger charge is -2.59. The Bertz CT molecular complexity index is 210. The van der Waals surface area contributed by atoms with Crippen LogP contribution in [0.3, 0.4) is 0 Å². The fraction of sp³-hybridized carbons (Fsp3) is 1.00. The van der Waals surface area contributed by atoms with Crippen LogP contribution in [0.15, 0.2) is 0 Å². The molecule has 0 unspecified atom stereocenters. The molecule has 1 heterocycles. The number of halogens is 1. The SMILES string of the molecule is Br[C@@H]1[C@@H]2CCCO[C@@H]2C12CCCC2. The molecule has 1 saturated heterocycles. The van der Waals surface area contributed by atoms with Crippen molar-refractivity contribution >= 4 is 15.9 Å². The molecule has 3 atom stereocenters. The van der Waals surface area contributed by atoms with E-state index in [4.69, 9.17) is 4.74 Å². The average Bonchev–Trinajstić information content (AvgIpc) is 2.68. The molecule has 0 bridgehead atoms. The van der Waals surface area contributed by atoms with Crippen LogP contribution in [0.1, 0.15) is 38.5 Å². The Balaban J connectivity index is 1.82. The monoisotopic (exact) mass is 244 g/mol. The predicted octanol–water partition coefficient (Wildman–Crippen LogP) is 3.12. The number of hydrogen-bond donors (Lipinski definition) is 0. The van der Waals surface area contributed by atoms with E-state index in [0.717, 1.165) is 17.4 Å². The van der Waals surface area contributed by atoms with Gasteiger partial charge in [-0.25, -0.2) is 0 Å². The smallest absolute Gasteiger partial charge is 0.0681 e. The third-order valence-corrected chi connectivity index (χ3v) is 5.99. The van der Waals surface area contributed by atoms with E-state index in [9.17, 15) is 0 Å². The highest BCUT2D eigenvalue weighted by Gasteiger charge is 2.62. The first-order valence-electron chi connectivity index (χ1n) is 5.60. The zero-order chi connectivity index (χ0) is 8.89. The zero-order valence-electron chi connectivity index (χ0n) is 7.97. The van der Waals surface area contributed by atoms with Crippen LogP contribution < -0.4 is 0 Å². The average molecular weight is 245 g/mol. The van der Waals surface area contributed by atoms with Crippen molar-refractivity contribution in [2.24, 2.45) is 11.3 Å². The second-order valence-corrected chi connectivity index (χ2v) is 5.93.